The smallest absolute Gasteiger partial charge is 0.332 e. The lowest BCUT2D eigenvalue weighted by Gasteiger charge is -2.21. The zero-order valence-corrected chi connectivity index (χ0v) is 16.6. The first-order chi connectivity index (χ1) is 13.7. The van der Waals surface area contributed by atoms with Crippen molar-refractivity contribution in [3.63, 3.8) is 0 Å². The summed E-state index contributed by atoms with van der Waals surface area (Å²) in [5.74, 6) is -2.53. The number of carbonyl (C=O) groups is 2. The van der Waals surface area contributed by atoms with E-state index in [0.29, 0.717) is 16.1 Å². The van der Waals surface area contributed by atoms with Crippen LogP contribution in [-0.2, 0) is 20.8 Å². The molecule has 0 aliphatic rings. The van der Waals surface area contributed by atoms with E-state index in [0.717, 1.165) is 0 Å². The molecule has 0 saturated heterocycles. The molecule has 9 heteroatoms. The summed E-state index contributed by atoms with van der Waals surface area (Å²) in [6, 6.07) is 11.1. The van der Waals surface area contributed by atoms with Gasteiger partial charge in [-0.05, 0) is 29.2 Å². The van der Waals surface area contributed by atoms with Gasteiger partial charge in [0.2, 0.25) is 0 Å². The maximum atomic E-state index is 12.6. The van der Waals surface area contributed by atoms with Gasteiger partial charge in [-0.15, -0.1) is 5.48 Å². The molecule has 0 bridgehead atoms. The molecule has 2 rings (SSSR count). The van der Waals surface area contributed by atoms with Gasteiger partial charge in [0, 0.05) is 23.6 Å². The Balaban J connectivity index is 2.06. The number of carbonyl (C=O) groups excluding carboxylic acids is 1. The number of nitro benzene ring substituents is 1. The van der Waals surface area contributed by atoms with Crippen LogP contribution in [0.3, 0.4) is 0 Å². The van der Waals surface area contributed by atoms with Gasteiger partial charge in [0.15, 0.2) is 0 Å². The largest absolute Gasteiger partial charge is 0.480 e. The molecule has 0 heterocycles. The Hall–Kier alpha value is -2.97. The molecule has 0 radical (unpaired) electrons. The van der Waals surface area contributed by atoms with Crippen molar-refractivity contribution in [3.8, 4) is 0 Å². The topological polar surface area (TPSA) is 119 Å². The van der Waals surface area contributed by atoms with Crippen LogP contribution in [0.4, 0.5) is 5.69 Å². The molecule has 0 spiro atoms. The fourth-order valence-corrected chi connectivity index (χ4v) is 2.95. The van der Waals surface area contributed by atoms with E-state index in [1.54, 1.807) is 24.3 Å². The summed E-state index contributed by atoms with van der Waals surface area (Å²) in [5.41, 5.74) is 3.47. The number of carboxylic acid groups (broad SMARTS) is 1. The van der Waals surface area contributed by atoms with Gasteiger partial charge in [0.25, 0.3) is 5.69 Å². The van der Waals surface area contributed by atoms with Crippen LogP contribution in [0.5, 0.6) is 0 Å². The highest BCUT2D eigenvalue weighted by atomic mass is 35.5. The molecular weight excluding hydrogens is 400 g/mol. The van der Waals surface area contributed by atoms with Gasteiger partial charge in [-0.25, -0.2) is 4.79 Å². The molecule has 0 amide bonds. The van der Waals surface area contributed by atoms with Gasteiger partial charge in [0.1, 0.15) is 6.04 Å². The number of rotatable bonds is 9. The Morgan fingerprint density at radius 2 is 1.72 bits per heavy atom. The van der Waals surface area contributed by atoms with Crippen LogP contribution in [0.2, 0.25) is 5.02 Å². The van der Waals surface area contributed by atoms with Crippen molar-refractivity contribution >= 4 is 29.2 Å². The van der Waals surface area contributed by atoms with Gasteiger partial charge in [-0.1, -0.05) is 49.7 Å². The molecular formula is C20H21ClN2O6. The Bertz CT molecular complexity index is 868. The van der Waals surface area contributed by atoms with E-state index in [2.05, 4.69) is 5.48 Å². The molecule has 0 aliphatic carbocycles. The second kappa shape index (κ2) is 9.99. The summed E-state index contributed by atoms with van der Waals surface area (Å²) in [4.78, 5) is 39.4. The van der Waals surface area contributed by atoms with Crippen molar-refractivity contribution in [2.75, 3.05) is 0 Å². The number of nitrogens with one attached hydrogen (secondary N) is 1. The summed E-state index contributed by atoms with van der Waals surface area (Å²) in [7, 11) is 0. The minimum atomic E-state index is -1.22. The molecule has 154 valence electrons. The normalized spacial score (nSPS) is 13.0. The molecule has 2 atom stereocenters. The maximum absolute atomic E-state index is 12.6. The SMILES string of the molecule is CC(C)C(C(=O)ONC(Cc1ccc([N+](=O)[O-])cc1)C(=O)O)c1ccc(Cl)cc1. The number of nitrogens with zero attached hydrogens (tertiary/aromatic N) is 1. The van der Waals surface area contributed by atoms with E-state index in [-0.39, 0.29) is 18.0 Å². The first kappa shape index (κ1) is 22.3. The maximum Gasteiger partial charge on any atom is 0.332 e. The third-order valence-corrected chi connectivity index (χ3v) is 4.59. The van der Waals surface area contributed by atoms with Crippen molar-refractivity contribution in [1.82, 2.24) is 5.48 Å². The number of nitro groups is 1. The van der Waals surface area contributed by atoms with E-state index in [9.17, 15) is 24.8 Å². The van der Waals surface area contributed by atoms with Crippen molar-refractivity contribution in [2.24, 2.45) is 5.92 Å². The van der Waals surface area contributed by atoms with Gasteiger partial charge in [-0.2, -0.15) is 0 Å². The molecule has 0 aromatic heterocycles. The minimum Gasteiger partial charge on any atom is -0.480 e. The quantitative estimate of drug-likeness (QED) is 0.468. The number of hydroxylamine groups is 1. The second-order valence-corrected chi connectivity index (χ2v) is 7.27. The number of benzene rings is 2. The van der Waals surface area contributed by atoms with Crippen LogP contribution in [0.15, 0.2) is 48.5 Å². The molecule has 29 heavy (non-hydrogen) atoms. The van der Waals surface area contributed by atoms with Gasteiger partial charge < -0.3 is 9.94 Å². The summed E-state index contributed by atoms with van der Waals surface area (Å²) in [6.07, 6.45) is -0.0199. The van der Waals surface area contributed by atoms with Crippen molar-refractivity contribution in [1.29, 1.82) is 0 Å². The van der Waals surface area contributed by atoms with Crippen LogP contribution >= 0.6 is 11.6 Å². The van der Waals surface area contributed by atoms with Crippen LogP contribution in [0.25, 0.3) is 0 Å². The van der Waals surface area contributed by atoms with E-state index >= 15 is 0 Å². The number of non-ortho nitro benzene ring substituents is 1. The van der Waals surface area contributed by atoms with Crippen LogP contribution in [0, 0.1) is 16.0 Å². The fraction of sp³-hybridized carbons (Fsp3) is 0.300. The average Bonchev–Trinajstić information content (AvgIpc) is 2.66. The number of hydrogen-bond acceptors (Lipinski definition) is 6. The summed E-state index contributed by atoms with van der Waals surface area (Å²) >= 11 is 5.89. The fourth-order valence-electron chi connectivity index (χ4n) is 2.82. The lowest BCUT2D eigenvalue weighted by Crippen LogP contribution is -2.41. The molecule has 0 saturated carbocycles. The summed E-state index contributed by atoms with van der Waals surface area (Å²) in [6.45, 7) is 3.71. The molecule has 2 N–H and O–H groups in total. The van der Waals surface area contributed by atoms with E-state index in [1.807, 2.05) is 13.8 Å². The van der Waals surface area contributed by atoms with Crippen LogP contribution in [-0.4, -0.2) is 28.0 Å². The lowest BCUT2D eigenvalue weighted by molar-refractivity contribution is -0.384. The van der Waals surface area contributed by atoms with Crippen LogP contribution < -0.4 is 5.48 Å². The zero-order chi connectivity index (χ0) is 21.6. The number of carboxylic acids is 1. The highest BCUT2D eigenvalue weighted by Gasteiger charge is 2.28. The highest BCUT2D eigenvalue weighted by molar-refractivity contribution is 6.30. The summed E-state index contributed by atoms with van der Waals surface area (Å²) in [5, 5.41) is 20.7. The predicted molar refractivity (Wildman–Crippen MR) is 106 cm³/mol. The third-order valence-electron chi connectivity index (χ3n) is 4.34. The van der Waals surface area contributed by atoms with Crippen molar-refractivity contribution in [2.45, 2.75) is 32.2 Å². The Morgan fingerprint density at radius 3 is 2.21 bits per heavy atom. The monoisotopic (exact) mass is 420 g/mol. The molecule has 2 aromatic rings. The third kappa shape index (κ3) is 6.27. The lowest BCUT2D eigenvalue weighted by atomic mass is 9.89. The molecule has 2 aromatic carbocycles. The zero-order valence-electron chi connectivity index (χ0n) is 15.9. The van der Waals surface area contributed by atoms with Crippen molar-refractivity contribution < 1.29 is 24.5 Å². The van der Waals surface area contributed by atoms with Gasteiger partial charge in [0.05, 0.1) is 10.8 Å². The summed E-state index contributed by atoms with van der Waals surface area (Å²) < 4.78 is 0. The van der Waals surface area contributed by atoms with E-state index in [4.69, 9.17) is 16.4 Å². The molecule has 8 nitrogen and oxygen atoms in total. The van der Waals surface area contributed by atoms with E-state index < -0.39 is 28.8 Å². The second-order valence-electron chi connectivity index (χ2n) is 6.83. The number of halogens is 1. The highest BCUT2D eigenvalue weighted by Crippen LogP contribution is 2.27. The Labute approximate surface area is 172 Å². The first-order valence-electron chi connectivity index (χ1n) is 8.87. The minimum absolute atomic E-state index is 0.0199. The number of hydrogen-bond donors (Lipinski definition) is 2. The van der Waals surface area contributed by atoms with Gasteiger partial charge >= 0.3 is 11.9 Å². The average molecular weight is 421 g/mol. The molecule has 0 fully saturated rings. The van der Waals surface area contributed by atoms with Crippen molar-refractivity contribution in [3.05, 3.63) is 74.8 Å². The molecule has 0 aliphatic heterocycles. The van der Waals surface area contributed by atoms with Crippen LogP contribution in [0.1, 0.15) is 30.9 Å². The molecule has 2 unspecified atom stereocenters. The first-order valence-corrected chi connectivity index (χ1v) is 9.24. The Kier molecular flexibility index (Phi) is 7.69. The number of aliphatic carboxylic acids is 1. The predicted octanol–water partition coefficient (Wildman–Crippen LogP) is 3.73. The van der Waals surface area contributed by atoms with Gasteiger partial charge in [-0.3, -0.25) is 14.9 Å². The standard InChI is InChI=1S/C20H21ClN2O6/c1-12(2)18(14-5-7-15(21)8-6-14)20(26)29-22-17(19(24)25)11-13-3-9-16(10-4-13)23(27)28/h3-10,12,17-18,22H,11H2,1-2H3,(H,24,25). The van der Waals surface area contributed by atoms with E-state index in [1.165, 1.54) is 24.3 Å². The Morgan fingerprint density at radius 1 is 1.14 bits per heavy atom.